The van der Waals surface area contributed by atoms with Gasteiger partial charge in [-0.15, -0.1) is 0 Å². The summed E-state index contributed by atoms with van der Waals surface area (Å²) in [6.07, 6.45) is 4.40. The summed E-state index contributed by atoms with van der Waals surface area (Å²) in [5, 5.41) is 3.46. The second kappa shape index (κ2) is 6.69. The van der Waals surface area contributed by atoms with E-state index in [1.165, 1.54) is 19.3 Å². The van der Waals surface area contributed by atoms with Crippen molar-refractivity contribution in [3.63, 3.8) is 0 Å². The molecule has 0 amide bonds. The highest BCUT2D eigenvalue weighted by atomic mass is 16.5. The fourth-order valence-electron chi connectivity index (χ4n) is 3.11. The van der Waals surface area contributed by atoms with Gasteiger partial charge in [-0.2, -0.15) is 0 Å². The van der Waals surface area contributed by atoms with E-state index in [0.29, 0.717) is 18.2 Å². The van der Waals surface area contributed by atoms with Gasteiger partial charge in [-0.25, -0.2) is 0 Å². The predicted molar refractivity (Wildman–Crippen MR) is 68.3 cm³/mol. The Morgan fingerprint density at radius 2 is 2.35 bits per heavy atom. The normalized spacial score (nSPS) is 31.4. The zero-order valence-electron chi connectivity index (χ0n) is 11.2. The van der Waals surface area contributed by atoms with E-state index >= 15 is 0 Å². The van der Waals surface area contributed by atoms with Gasteiger partial charge < -0.3 is 14.8 Å². The Morgan fingerprint density at radius 1 is 1.47 bits per heavy atom. The van der Waals surface area contributed by atoms with E-state index in [0.717, 1.165) is 32.8 Å². The van der Waals surface area contributed by atoms with Crippen LogP contribution in [-0.4, -0.2) is 63.0 Å². The van der Waals surface area contributed by atoms with Crippen LogP contribution < -0.4 is 5.32 Å². The molecular formula is C13H26N2O2. The minimum atomic E-state index is 0.505. The molecule has 2 aliphatic rings. The maximum absolute atomic E-state index is 5.84. The van der Waals surface area contributed by atoms with E-state index in [4.69, 9.17) is 9.47 Å². The highest BCUT2D eigenvalue weighted by Gasteiger charge is 2.37. The Kier molecular flexibility index (Phi) is 5.22. The number of rotatable bonds is 6. The standard InChI is InChI=1S/C13H26N2O2/c1-11(10-14-6-8-16-2)15-7-9-17-13-5-3-4-12(13)15/h11-14H,3-10H2,1-2H3. The lowest BCUT2D eigenvalue weighted by atomic mass is 10.1. The fourth-order valence-corrected chi connectivity index (χ4v) is 3.11. The lowest BCUT2D eigenvalue weighted by molar-refractivity contribution is -0.0688. The summed E-state index contributed by atoms with van der Waals surface area (Å²) < 4.78 is 10.9. The fraction of sp³-hybridized carbons (Fsp3) is 1.00. The molecule has 0 aromatic carbocycles. The van der Waals surface area contributed by atoms with Gasteiger partial charge in [0.2, 0.25) is 0 Å². The minimum Gasteiger partial charge on any atom is -0.383 e. The predicted octanol–water partition coefficient (Wildman–Crippen LogP) is 0.864. The van der Waals surface area contributed by atoms with Crippen molar-refractivity contribution in [3.8, 4) is 0 Å². The molecular weight excluding hydrogens is 216 g/mol. The number of fused-ring (bicyclic) bond motifs is 1. The Balaban J connectivity index is 1.75. The van der Waals surface area contributed by atoms with Gasteiger partial charge in [0.15, 0.2) is 0 Å². The lowest BCUT2D eigenvalue weighted by Gasteiger charge is -2.41. The molecule has 0 aromatic heterocycles. The highest BCUT2D eigenvalue weighted by Crippen LogP contribution is 2.30. The first-order valence-electron chi connectivity index (χ1n) is 6.90. The van der Waals surface area contributed by atoms with Crippen molar-refractivity contribution in [1.29, 1.82) is 0 Å². The van der Waals surface area contributed by atoms with Gasteiger partial charge >= 0.3 is 0 Å². The highest BCUT2D eigenvalue weighted by molar-refractivity contribution is 4.91. The molecule has 3 atom stereocenters. The molecule has 3 unspecified atom stereocenters. The number of ether oxygens (including phenoxy) is 2. The number of nitrogens with zero attached hydrogens (tertiary/aromatic N) is 1. The van der Waals surface area contributed by atoms with Crippen LogP contribution in [0.4, 0.5) is 0 Å². The third-order valence-electron chi connectivity index (χ3n) is 4.01. The van der Waals surface area contributed by atoms with Gasteiger partial charge in [-0.1, -0.05) is 0 Å². The SMILES string of the molecule is COCCNCC(C)N1CCOC2CCCC21. The van der Waals surface area contributed by atoms with Gasteiger partial charge in [0.05, 0.1) is 19.3 Å². The van der Waals surface area contributed by atoms with Crippen molar-refractivity contribution in [1.82, 2.24) is 10.2 Å². The Bertz CT molecular complexity index is 225. The third kappa shape index (κ3) is 3.41. The third-order valence-corrected chi connectivity index (χ3v) is 4.01. The van der Waals surface area contributed by atoms with Gasteiger partial charge in [0, 0.05) is 38.8 Å². The minimum absolute atomic E-state index is 0.505. The molecule has 1 aliphatic carbocycles. The molecule has 2 fully saturated rings. The summed E-state index contributed by atoms with van der Waals surface area (Å²) in [7, 11) is 1.75. The molecule has 0 aromatic rings. The first-order chi connectivity index (χ1) is 8.33. The van der Waals surface area contributed by atoms with Crippen LogP contribution in [0.15, 0.2) is 0 Å². The summed E-state index contributed by atoms with van der Waals surface area (Å²) >= 11 is 0. The Morgan fingerprint density at radius 3 is 3.18 bits per heavy atom. The van der Waals surface area contributed by atoms with Crippen molar-refractivity contribution >= 4 is 0 Å². The topological polar surface area (TPSA) is 33.7 Å². The van der Waals surface area contributed by atoms with Crippen molar-refractivity contribution in [2.45, 2.75) is 44.4 Å². The molecule has 0 spiro atoms. The van der Waals surface area contributed by atoms with Gasteiger partial charge in [0.25, 0.3) is 0 Å². The Labute approximate surface area is 105 Å². The smallest absolute Gasteiger partial charge is 0.0731 e. The number of methoxy groups -OCH3 is 1. The van der Waals surface area contributed by atoms with Crippen LogP contribution in [0.3, 0.4) is 0 Å². The van der Waals surface area contributed by atoms with Crippen LogP contribution >= 0.6 is 0 Å². The van der Waals surface area contributed by atoms with Crippen molar-refractivity contribution in [3.05, 3.63) is 0 Å². The van der Waals surface area contributed by atoms with Crippen molar-refractivity contribution in [2.75, 3.05) is 40.0 Å². The van der Waals surface area contributed by atoms with E-state index in [1.54, 1.807) is 7.11 Å². The van der Waals surface area contributed by atoms with Crippen LogP contribution in [0.1, 0.15) is 26.2 Å². The average Bonchev–Trinajstić information content (AvgIpc) is 2.82. The number of morpholine rings is 1. The summed E-state index contributed by atoms with van der Waals surface area (Å²) in [6, 6.07) is 1.27. The van der Waals surface area contributed by atoms with Gasteiger partial charge in [-0.05, 0) is 26.2 Å². The molecule has 17 heavy (non-hydrogen) atoms. The molecule has 0 radical (unpaired) electrons. The monoisotopic (exact) mass is 242 g/mol. The quantitative estimate of drug-likeness (QED) is 0.701. The number of hydrogen-bond acceptors (Lipinski definition) is 4. The summed E-state index contributed by atoms with van der Waals surface area (Å²) in [6.45, 7) is 7.10. The first kappa shape index (κ1) is 13.3. The molecule has 4 heteroatoms. The lowest BCUT2D eigenvalue weighted by Crippen LogP contribution is -2.54. The molecule has 1 saturated carbocycles. The van der Waals surface area contributed by atoms with Crippen LogP contribution in [0, 0.1) is 0 Å². The zero-order chi connectivity index (χ0) is 12.1. The van der Waals surface area contributed by atoms with E-state index in [2.05, 4.69) is 17.1 Å². The van der Waals surface area contributed by atoms with Crippen LogP contribution in [0.25, 0.3) is 0 Å². The van der Waals surface area contributed by atoms with E-state index in [-0.39, 0.29) is 0 Å². The number of nitrogens with one attached hydrogen (secondary N) is 1. The first-order valence-corrected chi connectivity index (χ1v) is 6.90. The molecule has 1 saturated heterocycles. The summed E-state index contributed by atoms with van der Waals surface area (Å²) in [4.78, 5) is 2.64. The molecule has 1 N–H and O–H groups in total. The molecule has 4 nitrogen and oxygen atoms in total. The maximum atomic E-state index is 5.84. The molecule has 0 bridgehead atoms. The molecule has 1 heterocycles. The number of hydrogen-bond donors (Lipinski definition) is 1. The van der Waals surface area contributed by atoms with Crippen LogP contribution in [0.5, 0.6) is 0 Å². The van der Waals surface area contributed by atoms with Crippen molar-refractivity contribution < 1.29 is 9.47 Å². The van der Waals surface area contributed by atoms with E-state index < -0.39 is 0 Å². The van der Waals surface area contributed by atoms with Gasteiger partial charge in [0.1, 0.15) is 0 Å². The second-order valence-electron chi connectivity index (χ2n) is 5.19. The largest absolute Gasteiger partial charge is 0.383 e. The molecule has 1 aliphatic heterocycles. The van der Waals surface area contributed by atoms with Crippen molar-refractivity contribution in [2.24, 2.45) is 0 Å². The molecule has 100 valence electrons. The van der Waals surface area contributed by atoms with Crippen LogP contribution in [0.2, 0.25) is 0 Å². The summed E-state index contributed by atoms with van der Waals surface area (Å²) in [5.74, 6) is 0. The van der Waals surface area contributed by atoms with E-state index in [1.807, 2.05) is 0 Å². The maximum Gasteiger partial charge on any atom is 0.0731 e. The summed E-state index contributed by atoms with van der Waals surface area (Å²) in [5.41, 5.74) is 0. The van der Waals surface area contributed by atoms with E-state index in [9.17, 15) is 0 Å². The Hall–Kier alpha value is -0.160. The second-order valence-corrected chi connectivity index (χ2v) is 5.19. The zero-order valence-corrected chi connectivity index (χ0v) is 11.2. The average molecular weight is 242 g/mol. The molecule has 2 rings (SSSR count). The van der Waals surface area contributed by atoms with Gasteiger partial charge in [-0.3, -0.25) is 4.90 Å². The van der Waals surface area contributed by atoms with Crippen LogP contribution in [-0.2, 0) is 9.47 Å².